The van der Waals surface area contributed by atoms with Crippen LogP contribution in [0.3, 0.4) is 0 Å². The van der Waals surface area contributed by atoms with Gasteiger partial charge in [-0.25, -0.2) is 4.79 Å². The zero-order valence-electron chi connectivity index (χ0n) is 23.4. The van der Waals surface area contributed by atoms with Crippen LogP contribution in [0.25, 0.3) is 0 Å². The lowest BCUT2D eigenvalue weighted by Crippen LogP contribution is -2.50. The standard InChI is InChI=1S/C27H42BN3O6/c1-25(2,3)35-24(33)31-14-12-30(13-15-31)16-17-34-22-11-10-20(29-23(32)19-8-9-19)18-21(22)28-36-26(4,5)27(6,7)37-28/h10-11,18-19H,8-9,12-17H2,1-7H3,(H,29,32). The van der Waals surface area contributed by atoms with Crippen LogP contribution >= 0.6 is 0 Å². The third-order valence-corrected chi connectivity index (χ3v) is 7.42. The molecule has 0 aromatic heterocycles. The summed E-state index contributed by atoms with van der Waals surface area (Å²) in [6, 6.07) is 5.64. The van der Waals surface area contributed by atoms with E-state index in [9.17, 15) is 9.59 Å². The monoisotopic (exact) mass is 515 g/mol. The van der Waals surface area contributed by atoms with Crippen molar-refractivity contribution in [1.29, 1.82) is 0 Å². The van der Waals surface area contributed by atoms with Crippen LogP contribution in [0.2, 0.25) is 0 Å². The Kier molecular flexibility index (Phi) is 7.84. The summed E-state index contributed by atoms with van der Waals surface area (Å²) < 4.78 is 24.3. The van der Waals surface area contributed by atoms with Crippen molar-refractivity contribution in [3.8, 4) is 5.75 Å². The minimum atomic E-state index is -0.602. The van der Waals surface area contributed by atoms with Gasteiger partial charge in [-0.15, -0.1) is 0 Å². The van der Waals surface area contributed by atoms with Crippen molar-refractivity contribution in [3.63, 3.8) is 0 Å². The average molecular weight is 515 g/mol. The maximum absolute atomic E-state index is 12.3. The minimum Gasteiger partial charge on any atom is -0.493 e. The molecule has 2 saturated heterocycles. The van der Waals surface area contributed by atoms with Crippen LogP contribution in [0.5, 0.6) is 5.75 Å². The second-order valence-electron chi connectivity index (χ2n) is 12.3. The molecule has 1 aromatic carbocycles. The van der Waals surface area contributed by atoms with E-state index in [-0.39, 0.29) is 17.9 Å². The summed E-state index contributed by atoms with van der Waals surface area (Å²) in [5, 5.41) is 3.02. The Bertz CT molecular complexity index is 980. The second kappa shape index (κ2) is 10.5. The summed E-state index contributed by atoms with van der Waals surface area (Å²) in [4.78, 5) is 28.7. The summed E-state index contributed by atoms with van der Waals surface area (Å²) in [6.45, 7) is 17.7. The highest BCUT2D eigenvalue weighted by Crippen LogP contribution is 2.37. The van der Waals surface area contributed by atoms with Crippen molar-refractivity contribution in [2.75, 3.05) is 44.6 Å². The second-order valence-corrected chi connectivity index (χ2v) is 12.3. The van der Waals surface area contributed by atoms with Gasteiger partial charge in [0.05, 0.1) is 11.2 Å². The number of rotatable bonds is 7. The van der Waals surface area contributed by atoms with Gasteiger partial charge in [-0.05, 0) is 79.5 Å². The van der Waals surface area contributed by atoms with Gasteiger partial charge in [0, 0.05) is 49.8 Å². The molecular weight excluding hydrogens is 473 g/mol. The maximum Gasteiger partial charge on any atom is 0.498 e. The van der Waals surface area contributed by atoms with E-state index in [1.165, 1.54) is 0 Å². The van der Waals surface area contributed by atoms with Gasteiger partial charge < -0.3 is 29.0 Å². The molecule has 1 N–H and O–H groups in total. The Labute approximate surface area is 221 Å². The van der Waals surface area contributed by atoms with Crippen LogP contribution in [0.15, 0.2) is 18.2 Å². The van der Waals surface area contributed by atoms with Crippen LogP contribution in [-0.4, -0.2) is 85.1 Å². The number of carbonyl (C=O) groups excluding carboxylic acids is 2. The van der Waals surface area contributed by atoms with Gasteiger partial charge in [0.25, 0.3) is 0 Å². The van der Waals surface area contributed by atoms with Gasteiger partial charge in [-0.2, -0.15) is 0 Å². The first-order valence-electron chi connectivity index (χ1n) is 13.4. The number of anilines is 1. The van der Waals surface area contributed by atoms with Gasteiger partial charge in [0.2, 0.25) is 5.91 Å². The first kappa shape index (κ1) is 27.7. The maximum atomic E-state index is 12.3. The minimum absolute atomic E-state index is 0.0547. The molecule has 0 atom stereocenters. The summed E-state index contributed by atoms with van der Waals surface area (Å²) in [5.41, 5.74) is 0.00777. The zero-order chi connectivity index (χ0) is 27.0. The number of ether oxygens (including phenoxy) is 2. The Morgan fingerprint density at radius 3 is 2.24 bits per heavy atom. The fraction of sp³-hybridized carbons (Fsp3) is 0.704. The number of amides is 2. The smallest absolute Gasteiger partial charge is 0.493 e. The molecule has 4 rings (SSSR count). The quantitative estimate of drug-likeness (QED) is 0.558. The first-order valence-corrected chi connectivity index (χ1v) is 13.4. The molecule has 2 heterocycles. The predicted octanol–water partition coefficient (Wildman–Crippen LogP) is 3.27. The highest BCUT2D eigenvalue weighted by Gasteiger charge is 2.52. The van der Waals surface area contributed by atoms with Crippen molar-refractivity contribution in [2.45, 2.75) is 78.1 Å². The molecule has 2 amide bonds. The molecule has 2 aliphatic heterocycles. The van der Waals surface area contributed by atoms with Crippen molar-refractivity contribution in [3.05, 3.63) is 18.2 Å². The largest absolute Gasteiger partial charge is 0.498 e. The van der Waals surface area contributed by atoms with Crippen molar-refractivity contribution in [1.82, 2.24) is 9.80 Å². The van der Waals surface area contributed by atoms with Crippen molar-refractivity contribution >= 4 is 30.3 Å². The lowest BCUT2D eigenvalue weighted by molar-refractivity contribution is -0.117. The van der Waals surface area contributed by atoms with Crippen LogP contribution in [0.1, 0.15) is 61.3 Å². The summed E-state index contributed by atoms with van der Waals surface area (Å²) in [6.07, 6.45) is 1.64. The van der Waals surface area contributed by atoms with Gasteiger partial charge in [-0.1, -0.05) is 0 Å². The third kappa shape index (κ3) is 6.97. The molecule has 0 spiro atoms. The molecule has 37 heavy (non-hydrogen) atoms. The highest BCUT2D eigenvalue weighted by atomic mass is 16.7. The third-order valence-electron chi connectivity index (χ3n) is 7.42. The van der Waals surface area contributed by atoms with Gasteiger partial charge in [-0.3, -0.25) is 9.69 Å². The van der Waals surface area contributed by atoms with E-state index in [1.54, 1.807) is 4.90 Å². The Hall–Kier alpha value is -2.30. The predicted molar refractivity (Wildman–Crippen MR) is 143 cm³/mol. The van der Waals surface area contributed by atoms with E-state index in [0.29, 0.717) is 31.1 Å². The molecule has 0 unspecified atom stereocenters. The number of benzene rings is 1. The lowest BCUT2D eigenvalue weighted by Gasteiger charge is -2.35. The number of hydrogen-bond donors (Lipinski definition) is 1. The van der Waals surface area contributed by atoms with E-state index in [2.05, 4.69) is 10.2 Å². The van der Waals surface area contributed by atoms with Crippen LogP contribution in [-0.2, 0) is 18.8 Å². The fourth-order valence-electron chi connectivity index (χ4n) is 4.27. The lowest BCUT2D eigenvalue weighted by atomic mass is 9.78. The Morgan fingerprint density at radius 2 is 1.68 bits per heavy atom. The number of nitrogens with zero attached hydrogens (tertiary/aromatic N) is 2. The SMILES string of the molecule is CC(C)(C)OC(=O)N1CCN(CCOc2ccc(NC(=O)C3CC3)cc2B2OC(C)(C)C(C)(C)O2)CC1. The zero-order valence-corrected chi connectivity index (χ0v) is 23.4. The molecule has 9 nitrogen and oxygen atoms in total. The number of piperazine rings is 1. The number of nitrogens with one attached hydrogen (secondary N) is 1. The average Bonchev–Trinajstić information content (AvgIpc) is 3.61. The molecule has 204 valence electrons. The summed E-state index contributed by atoms with van der Waals surface area (Å²) in [7, 11) is -0.602. The summed E-state index contributed by atoms with van der Waals surface area (Å²) >= 11 is 0. The molecular formula is C27H42BN3O6. The molecule has 3 fully saturated rings. The Morgan fingerprint density at radius 1 is 1.05 bits per heavy atom. The van der Waals surface area contributed by atoms with E-state index in [0.717, 1.165) is 37.9 Å². The van der Waals surface area contributed by atoms with E-state index in [4.69, 9.17) is 18.8 Å². The van der Waals surface area contributed by atoms with Crippen molar-refractivity contribution in [2.24, 2.45) is 5.92 Å². The van der Waals surface area contributed by atoms with Gasteiger partial charge >= 0.3 is 13.2 Å². The van der Waals surface area contributed by atoms with Crippen LogP contribution in [0, 0.1) is 5.92 Å². The van der Waals surface area contributed by atoms with E-state index < -0.39 is 23.9 Å². The molecule has 3 aliphatic rings. The molecule has 0 bridgehead atoms. The van der Waals surface area contributed by atoms with Gasteiger partial charge in [0.1, 0.15) is 18.0 Å². The Balaban J connectivity index is 1.36. The van der Waals surface area contributed by atoms with E-state index >= 15 is 0 Å². The molecule has 1 aromatic rings. The molecule has 1 aliphatic carbocycles. The van der Waals surface area contributed by atoms with E-state index in [1.807, 2.05) is 66.7 Å². The van der Waals surface area contributed by atoms with Crippen LogP contribution in [0.4, 0.5) is 10.5 Å². The molecule has 10 heteroatoms. The highest BCUT2D eigenvalue weighted by molar-refractivity contribution is 6.63. The first-order chi connectivity index (χ1) is 17.2. The summed E-state index contributed by atoms with van der Waals surface area (Å²) in [5.74, 6) is 0.849. The van der Waals surface area contributed by atoms with Gasteiger partial charge in [0.15, 0.2) is 0 Å². The molecule has 1 saturated carbocycles. The normalized spacial score (nSPS) is 21.6. The van der Waals surface area contributed by atoms with Crippen LogP contribution < -0.4 is 15.5 Å². The fourth-order valence-corrected chi connectivity index (χ4v) is 4.27. The topological polar surface area (TPSA) is 89.6 Å². The number of hydrogen-bond acceptors (Lipinski definition) is 7. The molecule has 0 radical (unpaired) electrons. The van der Waals surface area contributed by atoms with Crippen molar-refractivity contribution < 1.29 is 28.4 Å². The number of carbonyl (C=O) groups is 2.